The fourth-order valence-electron chi connectivity index (χ4n) is 2.90. The van der Waals surface area contributed by atoms with Gasteiger partial charge in [-0.2, -0.15) is 0 Å². The first kappa shape index (κ1) is 19.3. The predicted octanol–water partition coefficient (Wildman–Crippen LogP) is 6.29. The fraction of sp³-hybridized carbons (Fsp3) is 0.273. The highest BCUT2D eigenvalue weighted by Crippen LogP contribution is 2.28. The predicted molar refractivity (Wildman–Crippen MR) is 113 cm³/mol. The smallest absolute Gasteiger partial charge is 0.0933 e. The summed E-state index contributed by atoms with van der Waals surface area (Å²) in [6.45, 7) is 2.57. The highest BCUT2D eigenvalue weighted by Gasteiger charge is 2.15. The molecule has 4 heteroatoms. The van der Waals surface area contributed by atoms with Gasteiger partial charge in [-0.3, -0.25) is 0 Å². The summed E-state index contributed by atoms with van der Waals surface area (Å²) in [7, 11) is 2.17. The van der Waals surface area contributed by atoms with Crippen molar-refractivity contribution in [2.24, 2.45) is 0 Å². The summed E-state index contributed by atoms with van der Waals surface area (Å²) in [6.07, 6.45) is 1.11. The molecule has 0 aliphatic heterocycles. The van der Waals surface area contributed by atoms with Crippen LogP contribution in [0.1, 0.15) is 28.5 Å². The number of nitrogens with zero attached hydrogens (tertiary/aromatic N) is 1. The molecular formula is C22H24BrNOS. The van der Waals surface area contributed by atoms with Crippen molar-refractivity contribution in [2.75, 3.05) is 13.6 Å². The molecule has 0 spiro atoms. The van der Waals surface area contributed by atoms with E-state index < -0.39 is 0 Å². The van der Waals surface area contributed by atoms with Gasteiger partial charge >= 0.3 is 0 Å². The molecule has 1 heterocycles. The molecule has 0 aliphatic carbocycles. The van der Waals surface area contributed by atoms with Gasteiger partial charge in [-0.25, -0.2) is 0 Å². The molecule has 3 aromatic rings. The molecule has 0 saturated carbocycles. The number of thiophene rings is 1. The molecule has 0 fully saturated rings. The number of halogens is 1. The molecule has 1 atom stereocenters. The molecule has 0 bridgehead atoms. The lowest BCUT2D eigenvalue weighted by molar-refractivity contribution is 0.0299. The lowest BCUT2D eigenvalue weighted by Gasteiger charge is -2.22. The van der Waals surface area contributed by atoms with Gasteiger partial charge in [0.25, 0.3) is 0 Å². The van der Waals surface area contributed by atoms with Gasteiger partial charge in [0.2, 0.25) is 0 Å². The van der Waals surface area contributed by atoms with Crippen LogP contribution in [0.3, 0.4) is 0 Å². The SMILES string of the molecule is CN(CCC(OCc1ccccc1Br)c1cccs1)Cc1ccccc1. The molecule has 1 unspecified atom stereocenters. The monoisotopic (exact) mass is 429 g/mol. The Hall–Kier alpha value is -1.46. The van der Waals surface area contributed by atoms with E-state index in [1.807, 2.05) is 6.07 Å². The van der Waals surface area contributed by atoms with E-state index in [4.69, 9.17) is 4.74 Å². The maximum absolute atomic E-state index is 6.31. The zero-order chi connectivity index (χ0) is 18.2. The number of benzene rings is 2. The Morgan fingerprint density at radius 1 is 1.00 bits per heavy atom. The van der Waals surface area contributed by atoms with Gasteiger partial charge in [-0.1, -0.05) is 70.5 Å². The number of hydrogen-bond acceptors (Lipinski definition) is 3. The Labute approximate surface area is 168 Å². The van der Waals surface area contributed by atoms with Crippen LogP contribution in [0.25, 0.3) is 0 Å². The van der Waals surface area contributed by atoms with Crippen molar-refractivity contribution in [1.82, 2.24) is 4.90 Å². The first-order valence-corrected chi connectivity index (χ1v) is 10.5. The van der Waals surface area contributed by atoms with Crippen molar-refractivity contribution in [2.45, 2.75) is 25.7 Å². The summed E-state index contributed by atoms with van der Waals surface area (Å²) in [5.41, 5.74) is 2.53. The van der Waals surface area contributed by atoms with Crippen molar-refractivity contribution in [3.63, 3.8) is 0 Å². The molecule has 26 heavy (non-hydrogen) atoms. The van der Waals surface area contributed by atoms with E-state index in [2.05, 4.69) is 93.9 Å². The molecule has 0 saturated heterocycles. The average Bonchev–Trinajstić information content (AvgIpc) is 3.18. The zero-order valence-corrected chi connectivity index (χ0v) is 17.4. The van der Waals surface area contributed by atoms with Gasteiger partial charge in [0.05, 0.1) is 12.7 Å². The molecule has 2 nitrogen and oxygen atoms in total. The molecular weight excluding hydrogens is 406 g/mol. The van der Waals surface area contributed by atoms with Gasteiger partial charge in [0.15, 0.2) is 0 Å². The second-order valence-corrected chi connectivity index (χ2v) is 8.25. The maximum atomic E-state index is 6.31. The number of hydrogen-bond donors (Lipinski definition) is 0. The summed E-state index contributed by atoms with van der Waals surface area (Å²) in [5.74, 6) is 0. The third kappa shape index (κ3) is 5.78. The van der Waals surface area contributed by atoms with Crippen LogP contribution in [0.2, 0.25) is 0 Å². The summed E-state index contributed by atoms with van der Waals surface area (Å²) in [5, 5.41) is 2.12. The number of rotatable bonds is 9. The lowest BCUT2D eigenvalue weighted by Crippen LogP contribution is -2.21. The normalized spacial score (nSPS) is 12.4. The topological polar surface area (TPSA) is 12.5 Å². The van der Waals surface area contributed by atoms with Crippen molar-refractivity contribution >= 4 is 27.3 Å². The fourth-order valence-corrected chi connectivity index (χ4v) is 4.11. The van der Waals surface area contributed by atoms with E-state index in [0.717, 1.165) is 24.0 Å². The maximum Gasteiger partial charge on any atom is 0.0933 e. The summed E-state index contributed by atoms with van der Waals surface area (Å²) < 4.78 is 7.41. The third-order valence-corrected chi connectivity index (χ3v) is 6.06. The second-order valence-electron chi connectivity index (χ2n) is 6.42. The Morgan fingerprint density at radius 2 is 1.77 bits per heavy atom. The van der Waals surface area contributed by atoms with E-state index in [1.165, 1.54) is 16.0 Å². The van der Waals surface area contributed by atoms with Gasteiger partial charge in [-0.15, -0.1) is 11.3 Å². The summed E-state index contributed by atoms with van der Waals surface area (Å²) >= 11 is 5.38. The van der Waals surface area contributed by atoms with Crippen molar-refractivity contribution in [1.29, 1.82) is 0 Å². The Morgan fingerprint density at radius 3 is 2.50 bits per heavy atom. The second kappa shape index (κ2) is 10.0. The highest BCUT2D eigenvalue weighted by atomic mass is 79.9. The van der Waals surface area contributed by atoms with E-state index in [0.29, 0.717) is 6.61 Å². The lowest BCUT2D eigenvalue weighted by atomic mass is 10.1. The van der Waals surface area contributed by atoms with Crippen LogP contribution in [-0.4, -0.2) is 18.5 Å². The van der Waals surface area contributed by atoms with Crippen LogP contribution in [0.4, 0.5) is 0 Å². The quantitative estimate of drug-likeness (QED) is 0.396. The molecule has 2 aromatic carbocycles. The number of ether oxygens (including phenoxy) is 1. The Bertz CT molecular complexity index is 776. The largest absolute Gasteiger partial charge is 0.368 e. The average molecular weight is 430 g/mol. The van der Waals surface area contributed by atoms with Crippen molar-refractivity contribution in [3.8, 4) is 0 Å². The van der Waals surface area contributed by atoms with Crippen LogP contribution < -0.4 is 0 Å². The van der Waals surface area contributed by atoms with E-state index in [-0.39, 0.29) is 6.10 Å². The van der Waals surface area contributed by atoms with Gasteiger partial charge in [0.1, 0.15) is 0 Å². The molecule has 0 amide bonds. The zero-order valence-electron chi connectivity index (χ0n) is 15.0. The van der Waals surface area contributed by atoms with Crippen molar-refractivity contribution < 1.29 is 4.74 Å². The van der Waals surface area contributed by atoms with Crippen LogP contribution in [0.15, 0.2) is 76.6 Å². The minimum absolute atomic E-state index is 0.125. The molecule has 0 aliphatic rings. The first-order chi connectivity index (χ1) is 12.7. The van der Waals surface area contributed by atoms with E-state index in [1.54, 1.807) is 11.3 Å². The van der Waals surface area contributed by atoms with Crippen LogP contribution in [0, 0.1) is 0 Å². The van der Waals surface area contributed by atoms with Gasteiger partial charge in [-0.05, 0) is 42.1 Å². The van der Waals surface area contributed by atoms with Crippen molar-refractivity contribution in [3.05, 3.63) is 92.6 Å². The Kier molecular flexibility index (Phi) is 7.44. The molecule has 0 N–H and O–H groups in total. The first-order valence-electron chi connectivity index (χ1n) is 8.83. The van der Waals surface area contributed by atoms with Gasteiger partial charge < -0.3 is 9.64 Å². The summed E-state index contributed by atoms with van der Waals surface area (Å²) in [6, 6.07) is 23.1. The van der Waals surface area contributed by atoms with Crippen LogP contribution in [-0.2, 0) is 17.9 Å². The third-order valence-electron chi connectivity index (χ3n) is 4.33. The molecule has 3 rings (SSSR count). The Balaban J connectivity index is 1.57. The molecule has 136 valence electrons. The standard InChI is InChI=1S/C22H24BrNOS/c1-24(16-18-8-3-2-4-9-18)14-13-21(22-12-7-15-26-22)25-17-19-10-5-6-11-20(19)23/h2-12,15,21H,13-14,16-17H2,1H3. The van der Waals surface area contributed by atoms with Crippen LogP contribution >= 0.6 is 27.3 Å². The summed E-state index contributed by atoms with van der Waals surface area (Å²) in [4.78, 5) is 3.66. The molecule has 1 aromatic heterocycles. The van der Waals surface area contributed by atoms with Gasteiger partial charge in [0, 0.05) is 22.4 Å². The van der Waals surface area contributed by atoms with E-state index >= 15 is 0 Å². The minimum Gasteiger partial charge on any atom is -0.368 e. The van der Waals surface area contributed by atoms with Crippen LogP contribution in [0.5, 0.6) is 0 Å². The highest BCUT2D eigenvalue weighted by molar-refractivity contribution is 9.10. The van der Waals surface area contributed by atoms with E-state index in [9.17, 15) is 0 Å². The molecule has 0 radical (unpaired) electrons. The minimum atomic E-state index is 0.125.